The standard InChI is InChI=1S/C36H39N3O4/c1-19(2)23-12-9-13-24(20(3)4)32(23)37-33-27-16-11-17-28-31(27)29(18-30(33)39(42)43)36(41)38(35(28)40)34-25(21(5)6)14-10-15-26(34)22(7)8/h9-22,37H,1-8H3. The van der Waals surface area contributed by atoms with Gasteiger partial charge in [0, 0.05) is 28.1 Å². The summed E-state index contributed by atoms with van der Waals surface area (Å²) in [5.41, 5.74) is 5.77. The van der Waals surface area contributed by atoms with Gasteiger partial charge in [-0.15, -0.1) is 0 Å². The Bertz CT molecular complexity index is 1730. The van der Waals surface area contributed by atoms with Crippen molar-refractivity contribution in [1.82, 2.24) is 0 Å². The number of nitro benzene ring substituents is 1. The molecule has 0 bridgehead atoms. The summed E-state index contributed by atoms with van der Waals surface area (Å²) in [7, 11) is 0. The third-order valence-corrected chi connectivity index (χ3v) is 8.39. The minimum Gasteiger partial charge on any atom is -0.349 e. The van der Waals surface area contributed by atoms with Crippen LogP contribution >= 0.6 is 0 Å². The molecule has 0 radical (unpaired) electrons. The number of nitrogens with zero attached hydrogens (tertiary/aromatic N) is 2. The summed E-state index contributed by atoms with van der Waals surface area (Å²) in [6.45, 7) is 16.5. The van der Waals surface area contributed by atoms with E-state index in [1.54, 1.807) is 18.2 Å². The van der Waals surface area contributed by atoms with E-state index in [9.17, 15) is 19.7 Å². The van der Waals surface area contributed by atoms with Crippen molar-refractivity contribution in [3.05, 3.63) is 104 Å². The molecule has 4 aromatic carbocycles. The number of hydrogen-bond acceptors (Lipinski definition) is 5. The Morgan fingerprint density at radius 1 is 0.651 bits per heavy atom. The fraction of sp³-hybridized carbons (Fsp3) is 0.333. The van der Waals surface area contributed by atoms with Crippen molar-refractivity contribution in [2.45, 2.75) is 79.1 Å². The van der Waals surface area contributed by atoms with Crippen molar-refractivity contribution in [2.24, 2.45) is 0 Å². The molecule has 4 aromatic rings. The molecule has 0 atom stereocenters. The highest BCUT2D eigenvalue weighted by molar-refractivity contribution is 6.37. The van der Waals surface area contributed by atoms with Gasteiger partial charge in [-0.2, -0.15) is 0 Å². The lowest BCUT2D eigenvalue weighted by Gasteiger charge is -2.32. The first-order valence-corrected chi connectivity index (χ1v) is 15.0. The number of amides is 2. The van der Waals surface area contributed by atoms with Crippen LogP contribution < -0.4 is 10.2 Å². The molecule has 43 heavy (non-hydrogen) atoms. The molecule has 222 valence electrons. The molecule has 0 spiro atoms. The number of para-hydroxylation sites is 2. The van der Waals surface area contributed by atoms with Crippen LogP contribution in [-0.2, 0) is 0 Å². The third kappa shape index (κ3) is 4.97. The van der Waals surface area contributed by atoms with E-state index in [4.69, 9.17) is 0 Å². The molecule has 0 aliphatic carbocycles. The van der Waals surface area contributed by atoms with Crippen LogP contribution in [0.2, 0.25) is 0 Å². The first-order valence-electron chi connectivity index (χ1n) is 15.0. The van der Waals surface area contributed by atoms with E-state index in [0.717, 1.165) is 27.9 Å². The van der Waals surface area contributed by atoms with Crippen molar-refractivity contribution >= 4 is 45.3 Å². The topological polar surface area (TPSA) is 92.6 Å². The monoisotopic (exact) mass is 577 g/mol. The Hall–Kier alpha value is -4.52. The number of rotatable bonds is 8. The summed E-state index contributed by atoms with van der Waals surface area (Å²) in [6.07, 6.45) is 0. The Balaban J connectivity index is 1.80. The lowest BCUT2D eigenvalue weighted by molar-refractivity contribution is -0.383. The quantitative estimate of drug-likeness (QED) is 0.128. The van der Waals surface area contributed by atoms with E-state index in [1.807, 2.05) is 64.1 Å². The molecule has 1 aliphatic rings. The number of carbonyl (C=O) groups is 2. The highest BCUT2D eigenvalue weighted by Crippen LogP contribution is 2.46. The Morgan fingerprint density at radius 2 is 1.12 bits per heavy atom. The van der Waals surface area contributed by atoms with Gasteiger partial charge in [-0.1, -0.05) is 104 Å². The minimum atomic E-state index is -0.552. The molecule has 7 heteroatoms. The summed E-state index contributed by atoms with van der Waals surface area (Å²) < 4.78 is 0. The van der Waals surface area contributed by atoms with Crippen molar-refractivity contribution in [3.8, 4) is 0 Å². The number of nitro groups is 1. The number of imide groups is 1. The average molecular weight is 578 g/mol. The van der Waals surface area contributed by atoms with E-state index in [-0.39, 0.29) is 40.6 Å². The number of anilines is 3. The van der Waals surface area contributed by atoms with Gasteiger partial charge in [-0.05, 0) is 52.0 Å². The molecule has 0 saturated carbocycles. The van der Waals surface area contributed by atoms with Crippen molar-refractivity contribution < 1.29 is 14.5 Å². The SMILES string of the molecule is CC(C)c1cccc(C(C)C)c1Nc1c([N+](=O)[O-])cc2c3c(cccc13)C(=O)N(c1c(C(C)C)cccc1C(C)C)C2=O. The molecule has 0 aromatic heterocycles. The van der Waals surface area contributed by atoms with Gasteiger partial charge < -0.3 is 5.32 Å². The third-order valence-electron chi connectivity index (χ3n) is 8.39. The van der Waals surface area contributed by atoms with Crippen LogP contribution in [0.25, 0.3) is 10.8 Å². The number of benzene rings is 4. The summed E-state index contributed by atoms with van der Waals surface area (Å²) in [6, 6.07) is 18.4. The van der Waals surface area contributed by atoms with Crippen molar-refractivity contribution in [3.63, 3.8) is 0 Å². The number of carbonyl (C=O) groups excluding carboxylic acids is 2. The van der Waals surface area contributed by atoms with Crippen LogP contribution in [0.1, 0.15) is 122 Å². The van der Waals surface area contributed by atoms with Gasteiger partial charge in [0.1, 0.15) is 5.69 Å². The molecule has 1 aliphatic heterocycles. The van der Waals surface area contributed by atoms with Gasteiger partial charge in [-0.25, -0.2) is 4.90 Å². The normalized spacial score (nSPS) is 13.3. The largest absolute Gasteiger partial charge is 0.349 e. The van der Waals surface area contributed by atoms with E-state index >= 15 is 0 Å². The zero-order valence-electron chi connectivity index (χ0n) is 26.1. The van der Waals surface area contributed by atoms with E-state index in [0.29, 0.717) is 22.0 Å². The molecule has 2 amide bonds. The van der Waals surface area contributed by atoms with E-state index in [2.05, 4.69) is 33.0 Å². The molecule has 1 heterocycles. The fourth-order valence-electron chi connectivity index (χ4n) is 6.22. The maximum Gasteiger partial charge on any atom is 0.294 e. The molecular weight excluding hydrogens is 538 g/mol. The first-order chi connectivity index (χ1) is 20.3. The highest BCUT2D eigenvalue weighted by atomic mass is 16.6. The maximum atomic E-state index is 14.4. The van der Waals surface area contributed by atoms with E-state index in [1.165, 1.54) is 11.0 Å². The summed E-state index contributed by atoms with van der Waals surface area (Å²) in [4.78, 5) is 42.1. The summed E-state index contributed by atoms with van der Waals surface area (Å²) in [5.74, 6) is -0.569. The highest BCUT2D eigenvalue weighted by Gasteiger charge is 2.39. The predicted molar refractivity (Wildman–Crippen MR) is 174 cm³/mol. The Labute approximate surface area is 253 Å². The van der Waals surface area contributed by atoms with Gasteiger partial charge in [0.15, 0.2) is 0 Å². The predicted octanol–water partition coefficient (Wildman–Crippen LogP) is 9.79. The zero-order valence-corrected chi connectivity index (χ0v) is 26.1. The second kappa shape index (κ2) is 11.3. The van der Waals surface area contributed by atoms with Gasteiger partial charge in [0.05, 0.1) is 16.2 Å². The lowest BCUT2D eigenvalue weighted by Crippen LogP contribution is -2.42. The number of hydrogen-bond donors (Lipinski definition) is 1. The molecule has 1 N–H and O–H groups in total. The summed E-state index contributed by atoms with van der Waals surface area (Å²) >= 11 is 0. The van der Waals surface area contributed by atoms with Crippen LogP contribution in [0.3, 0.4) is 0 Å². The summed E-state index contributed by atoms with van der Waals surface area (Å²) in [5, 5.41) is 17.0. The van der Waals surface area contributed by atoms with Crippen molar-refractivity contribution in [1.29, 1.82) is 0 Å². The maximum absolute atomic E-state index is 14.4. The molecule has 5 rings (SSSR count). The minimum absolute atomic E-state index is 0.0450. The second-order valence-corrected chi connectivity index (χ2v) is 12.6. The molecule has 0 fully saturated rings. The first kappa shape index (κ1) is 30.0. The second-order valence-electron chi connectivity index (χ2n) is 12.6. The van der Waals surface area contributed by atoms with Gasteiger partial charge in [0.2, 0.25) is 0 Å². The molecule has 0 saturated heterocycles. The number of nitrogens with one attached hydrogen (secondary N) is 1. The van der Waals surface area contributed by atoms with Crippen LogP contribution in [0.4, 0.5) is 22.7 Å². The average Bonchev–Trinajstić information content (AvgIpc) is 2.95. The Kier molecular flexibility index (Phi) is 7.86. The van der Waals surface area contributed by atoms with Crippen LogP contribution in [0.5, 0.6) is 0 Å². The molecule has 0 unspecified atom stereocenters. The van der Waals surface area contributed by atoms with Crippen molar-refractivity contribution in [2.75, 3.05) is 10.2 Å². The van der Waals surface area contributed by atoms with Crippen LogP contribution in [0.15, 0.2) is 60.7 Å². The Morgan fingerprint density at radius 3 is 1.60 bits per heavy atom. The molecule has 7 nitrogen and oxygen atoms in total. The smallest absolute Gasteiger partial charge is 0.294 e. The lowest BCUT2D eigenvalue weighted by atomic mass is 9.87. The fourth-order valence-corrected chi connectivity index (χ4v) is 6.22. The van der Waals surface area contributed by atoms with E-state index < -0.39 is 16.7 Å². The van der Waals surface area contributed by atoms with Gasteiger partial charge in [0.25, 0.3) is 17.5 Å². The van der Waals surface area contributed by atoms with Gasteiger partial charge >= 0.3 is 0 Å². The zero-order chi connectivity index (χ0) is 31.3. The van der Waals surface area contributed by atoms with Crippen LogP contribution in [-0.4, -0.2) is 16.7 Å². The van der Waals surface area contributed by atoms with Gasteiger partial charge in [-0.3, -0.25) is 19.7 Å². The van der Waals surface area contributed by atoms with Crippen LogP contribution in [0, 0.1) is 10.1 Å². The molecular formula is C36H39N3O4.